The van der Waals surface area contributed by atoms with Gasteiger partial charge in [-0.25, -0.2) is 0 Å². The van der Waals surface area contributed by atoms with E-state index in [4.69, 9.17) is 9.15 Å². The Bertz CT molecular complexity index is 425. The van der Waals surface area contributed by atoms with Gasteiger partial charge in [0.1, 0.15) is 12.4 Å². The molecule has 2 aromatic rings. The minimum atomic E-state index is 0.299. The van der Waals surface area contributed by atoms with Crippen LogP contribution in [0, 0.1) is 0 Å². The molecule has 18 heavy (non-hydrogen) atoms. The number of para-hydroxylation sites is 1. The highest BCUT2D eigenvalue weighted by atomic mass is 16.5. The van der Waals surface area contributed by atoms with Gasteiger partial charge >= 0.3 is 0 Å². The maximum absolute atomic E-state index is 5.78. The van der Waals surface area contributed by atoms with Crippen molar-refractivity contribution < 1.29 is 9.15 Å². The second kappa shape index (κ2) is 6.87. The van der Waals surface area contributed by atoms with Crippen LogP contribution in [0.5, 0.6) is 5.75 Å². The van der Waals surface area contributed by atoms with Gasteiger partial charge in [-0.15, -0.1) is 0 Å². The fraction of sp³-hybridized carbons (Fsp3) is 0.333. The lowest BCUT2D eigenvalue weighted by Crippen LogP contribution is -2.36. The standard InChI is InChI=1S/C15H19NO2/c1-2-16-14(10-13-8-9-17-11-13)12-18-15-6-4-3-5-7-15/h3-9,11,14,16H,2,10,12H2,1H3. The second-order valence-corrected chi connectivity index (χ2v) is 4.21. The molecule has 0 amide bonds. The van der Waals surface area contributed by atoms with Gasteiger partial charge in [0.15, 0.2) is 0 Å². The molecule has 3 nitrogen and oxygen atoms in total. The van der Waals surface area contributed by atoms with Crippen LogP contribution in [0.3, 0.4) is 0 Å². The molecule has 0 fully saturated rings. The monoisotopic (exact) mass is 245 g/mol. The average molecular weight is 245 g/mol. The Labute approximate surface area is 108 Å². The molecule has 2 rings (SSSR count). The molecule has 1 aromatic heterocycles. The van der Waals surface area contributed by atoms with Crippen molar-refractivity contribution >= 4 is 0 Å². The molecular formula is C15H19NO2. The van der Waals surface area contributed by atoms with Crippen LogP contribution in [0.4, 0.5) is 0 Å². The summed E-state index contributed by atoms with van der Waals surface area (Å²) >= 11 is 0. The van der Waals surface area contributed by atoms with Crippen LogP contribution >= 0.6 is 0 Å². The van der Waals surface area contributed by atoms with Gasteiger partial charge in [-0.1, -0.05) is 25.1 Å². The minimum Gasteiger partial charge on any atom is -0.492 e. The molecule has 1 atom stereocenters. The van der Waals surface area contributed by atoms with E-state index in [1.165, 1.54) is 5.56 Å². The summed E-state index contributed by atoms with van der Waals surface area (Å²) in [7, 11) is 0. The Kier molecular flexibility index (Phi) is 4.85. The Morgan fingerprint density at radius 2 is 2.06 bits per heavy atom. The van der Waals surface area contributed by atoms with Crippen LogP contribution in [-0.4, -0.2) is 19.2 Å². The van der Waals surface area contributed by atoms with Gasteiger partial charge in [0.05, 0.1) is 12.5 Å². The lowest BCUT2D eigenvalue weighted by molar-refractivity contribution is 0.264. The van der Waals surface area contributed by atoms with Crippen molar-refractivity contribution in [2.24, 2.45) is 0 Å². The Morgan fingerprint density at radius 3 is 2.72 bits per heavy atom. The molecule has 0 saturated carbocycles. The number of furan rings is 1. The van der Waals surface area contributed by atoms with Gasteiger partial charge in [-0.05, 0) is 36.7 Å². The highest BCUT2D eigenvalue weighted by molar-refractivity contribution is 5.21. The topological polar surface area (TPSA) is 34.4 Å². The van der Waals surface area contributed by atoms with E-state index < -0.39 is 0 Å². The molecule has 0 aliphatic carbocycles. The van der Waals surface area contributed by atoms with E-state index in [2.05, 4.69) is 12.2 Å². The summed E-state index contributed by atoms with van der Waals surface area (Å²) < 4.78 is 10.9. The number of hydrogen-bond acceptors (Lipinski definition) is 3. The van der Waals surface area contributed by atoms with Crippen LogP contribution in [0.1, 0.15) is 12.5 Å². The fourth-order valence-electron chi connectivity index (χ4n) is 1.89. The van der Waals surface area contributed by atoms with Crippen LogP contribution in [0.2, 0.25) is 0 Å². The van der Waals surface area contributed by atoms with E-state index in [1.807, 2.05) is 36.4 Å². The zero-order valence-corrected chi connectivity index (χ0v) is 10.6. The third-order valence-electron chi connectivity index (χ3n) is 2.75. The van der Waals surface area contributed by atoms with Gasteiger partial charge in [0, 0.05) is 6.04 Å². The van der Waals surface area contributed by atoms with E-state index in [9.17, 15) is 0 Å². The first-order chi connectivity index (χ1) is 8.88. The van der Waals surface area contributed by atoms with Crippen LogP contribution < -0.4 is 10.1 Å². The van der Waals surface area contributed by atoms with Gasteiger partial charge in [-0.2, -0.15) is 0 Å². The lowest BCUT2D eigenvalue weighted by atomic mass is 10.1. The van der Waals surface area contributed by atoms with Crippen molar-refractivity contribution in [1.29, 1.82) is 0 Å². The number of likely N-dealkylation sites (N-methyl/N-ethyl adjacent to an activating group) is 1. The number of rotatable bonds is 7. The maximum atomic E-state index is 5.78. The van der Waals surface area contributed by atoms with E-state index in [1.54, 1.807) is 12.5 Å². The summed E-state index contributed by atoms with van der Waals surface area (Å²) in [5.41, 5.74) is 1.19. The predicted molar refractivity (Wildman–Crippen MR) is 71.8 cm³/mol. The summed E-state index contributed by atoms with van der Waals surface area (Å²) in [4.78, 5) is 0. The van der Waals surface area contributed by atoms with Crippen molar-refractivity contribution in [3.63, 3.8) is 0 Å². The van der Waals surface area contributed by atoms with E-state index in [0.717, 1.165) is 18.7 Å². The summed E-state index contributed by atoms with van der Waals surface area (Å²) in [6, 6.07) is 12.2. The fourth-order valence-corrected chi connectivity index (χ4v) is 1.89. The molecule has 1 aromatic carbocycles. The van der Waals surface area contributed by atoms with E-state index >= 15 is 0 Å². The molecule has 0 saturated heterocycles. The first-order valence-corrected chi connectivity index (χ1v) is 6.30. The Balaban J connectivity index is 1.86. The molecule has 0 spiro atoms. The molecular weight excluding hydrogens is 226 g/mol. The molecule has 0 aliphatic rings. The summed E-state index contributed by atoms with van der Waals surface area (Å²) in [5, 5.41) is 3.42. The van der Waals surface area contributed by atoms with Gasteiger partial charge in [0.25, 0.3) is 0 Å². The summed E-state index contributed by atoms with van der Waals surface area (Å²) in [6.45, 7) is 3.69. The molecule has 1 heterocycles. The lowest BCUT2D eigenvalue weighted by Gasteiger charge is -2.17. The third kappa shape index (κ3) is 3.93. The van der Waals surface area contributed by atoms with Gasteiger partial charge in [0.2, 0.25) is 0 Å². The molecule has 0 bridgehead atoms. The summed E-state index contributed by atoms with van der Waals surface area (Å²) in [6.07, 6.45) is 4.40. The first kappa shape index (κ1) is 12.7. The molecule has 1 unspecified atom stereocenters. The van der Waals surface area contributed by atoms with Crippen LogP contribution in [0.15, 0.2) is 53.3 Å². The number of benzene rings is 1. The van der Waals surface area contributed by atoms with Crippen molar-refractivity contribution in [2.45, 2.75) is 19.4 Å². The van der Waals surface area contributed by atoms with Crippen molar-refractivity contribution in [2.75, 3.05) is 13.2 Å². The van der Waals surface area contributed by atoms with Gasteiger partial charge < -0.3 is 14.5 Å². The van der Waals surface area contributed by atoms with E-state index in [0.29, 0.717) is 12.6 Å². The first-order valence-electron chi connectivity index (χ1n) is 6.30. The highest BCUT2D eigenvalue weighted by Crippen LogP contribution is 2.10. The van der Waals surface area contributed by atoms with Crippen molar-refractivity contribution in [3.8, 4) is 5.75 Å². The zero-order chi connectivity index (χ0) is 12.6. The number of ether oxygens (including phenoxy) is 1. The van der Waals surface area contributed by atoms with Crippen LogP contribution in [0.25, 0.3) is 0 Å². The van der Waals surface area contributed by atoms with E-state index in [-0.39, 0.29) is 0 Å². The quantitative estimate of drug-likeness (QED) is 0.814. The smallest absolute Gasteiger partial charge is 0.119 e. The minimum absolute atomic E-state index is 0.299. The third-order valence-corrected chi connectivity index (χ3v) is 2.75. The normalized spacial score (nSPS) is 12.3. The molecule has 96 valence electrons. The number of hydrogen-bond donors (Lipinski definition) is 1. The SMILES string of the molecule is CCNC(COc1ccccc1)Cc1ccoc1. The highest BCUT2D eigenvalue weighted by Gasteiger charge is 2.10. The van der Waals surface area contributed by atoms with Crippen molar-refractivity contribution in [3.05, 3.63) is 54.5 Å². The Morgan fingerprint density at radius 1 is 1.22 bits per heavy atom. The van der Waals surface area contributed by atoms with Gasteiger partial charge in [-0.3, -0.25) is 0 Å². The molecule has 0 radical (unpaired) electrons. The molecule has 1 N–H and O–H groups in total. The molecule has 3 heteroatoms. The Hall–Kier alpha value is -1.74. The average Bonchev–Trinajstić information content (AvgIpc) is 2.90. The largest absolute Gasteiger partial charge is 0.492 e. The predicted octanol–water partition coefficient (Wildman–Crippen LogP) is 2.88. The van der Waals surface area contributed by atoms with Crippen molar-refractivity contribution in [1.82, 2.24) is 5.32 Å². The second-order valence-electron chi connectivity index (χ2n) is 4.21. The van der Waals surface area contributed by atoms with Crippen LogP contribution in [-0.2, 0) is 6.42 Å². The maximum Gasteiger partial charge on any atom is 0.119 e. The number of nitrogens with one attached hydrogen (secondary N) is 1. The zero-order valence-electron chi connectivity index (χ0n) is 10.6. The summed E-state index contributed by atoms with van der Waals surface area (Å²) in [5.74, 6) is 0.910. The molecule has 0 aliphatic heterocycles.